The fourth-order valence-electron chi connectivity index (χ4n) is 3.47. The van der Waals surface area contributed by atoms with Crippen LogP contribution in [-0.4, -0.2) is 65.3 Å². The van der Waals surface area contributed by atoms with E-state index in [9.17, 15) is 20.1 Å². The van der Waals surface area contributed by atoms with Crippen molar-refractivity contribution in [3.05, 3.63) is 46.1 Å². The zero-order valence-electron chi connectivity index (χ0n) is 16.4. The third kappa shape index (κ3) is 4.48. The summed E-state index contributed by atoms with van der Waals surface area (Å²) < 4.78 is 8.24. The molecule has 4 rings (SSSR count). The summed E-state index contributed by atoms with van der Waals surface area (Å²) in [5.41, 5.74) is 1.92. The number of aliphatic hydroxyl groups is 3. The molecule has 5 atom stereocenters. The predicted molar refractivity (Wildman–Crippen MR) is 118 cm³/mol. The summed E-state index contributed by atoms with van der Waals surface area (Å²) in [5.74, 6) is 0.0105. The minimum absolute atomic E-state index is 0.381. The Morgan fingerprint density at radius 1 is 1.29 bits per heavy atom. The van der Waals surface area contributed by atoms with Crippen LogP contribution in [0.5, 0.6) is 0 Å². The molecule has 3 heterocycles. The Morgan fingerprint density at radius 3 is 2.84 bits per heavy atom. The molecule has 0 aliphatic carbocycles. The highest BCUT2D eigenvalue weighted by Gasteiger charge is 2.47. The molecule has 1 aromatic carbocycles. The zero-order valence-corrected chi connectivity index (χ0v) is 18.5. The van der Waals surface area contributed by atoms with E-state index in [1.165, 1.54) is 24.1 Å². The molecule has 1 aliphatic rings. The highest BCUT2D eigenvalue weighted by Crippen LogP contribution is 2.33. The molecule has 0 saturated carbocycles. The van der Waals surface area contributed by atoms with E-state index in [-0.39, 0.29) is 0 Å². The van der Waals surface area contributed by atoms with Gasteiger partial charge in [0, 0.05) is 17.0 Å². The maximum atomic E-state index is 11.2. The average Bonchev–Trinajstić information content (AvgIpc) is 3.28. The number of imidazole rings is 1. The molecule has 11 nitrogen and oxygen atoms in total. The second-order valence-corrected chi connectivity index (χ2v) is 8.39. The maximum absolute atomic E-state index is 11.2. The van der Waals surface area contributed by atoms with Gasteiger partial charge >= 0.3 is 0 Å². The quantitative estimate of drug-likeness (QED) is 0.217. The molecule has 3 aromatic rings. The number of aromatic nitrogens is 4. The van der Waals surface area contributed by atoms with E-state index < -0.39 is 36.7 Å². The largest absolute Gasteiger partial charge is 0.387 e. The van der Waals surface area contributed by atoms with Crippen molar-refractivity contribution in [1.82, 2.24) is 24.8 Å². The third-order valence-electron chi connectivity index (χ3n) is 4.92. The number of nitrogens with one attached hydrogen (secondary N) is 2. The van der Waals surface area contributed by atoms with E-state index in [1.54, 1.807) is 0 Å². The van der Waals surface area contributed by atoms with Gasteiger partial charge in [-0.2, -0.15) is 0 Å². The number of benzene rings is 1. The summed E-state index contributed by atoms with van der Waals surface area (Å²) >= 11 is 2.25. The van der Waals surface area contributed by atoms with Gasteiger partial charge in [-0.15, -0.1) is 0 Å². The zero-order chi connectivity index (χ0) is 22.1. The Balaban J connectivity index is 1.57. The summed E-state index contributed by atoms with van der Waals surface area (Å²) in [6, 6.07) is 8.02. The van der Waals surface area contributed by atoms with Gasteiger partial charge in [0.1, 0.15) is 24.6 Å². The van der Waals surface area contributed by atoms with Crippen molar-refractivity contribution in [2.45, 2.75) is 44.2 Å². The smallest absolute Gasteiger partial charge is 0.218 e. The van der Waals surface area contributed by atoms with Crippen LogP contribution >= 0.6 is 22.6 Å². The van der Waals surface area contributed by atoms with Crippen molar-refractivity contribution in [2.24, 2.45) is 0 Å². The molecule has 1 fully saturated rings. The summed E-state index contributed by atoms with van der Waals surface area (Å²) in [5, 5.41) is 36.4. The molecule has 2 aromatic heterocycles. The number of carbonyl (C=O) groups excluding carboxylic acids is 1. The number of fused-ring (bicyclic) bond motifs is 1. The van der Waals surface area contributed by atoms with Gasteiger partial charge in [0.05, 0.1) is 6.33 Å². The van der Waals surface area contributed by atoms with Crippen molar-refractivity contribution >= 4 is 45.5 Å². The first-order valence-corrected chi connectivity index (χ1v) is 10.6. The molecule has 0 spiro atoms. The summed E-state index contributed by atoms with van der Waals surface area (Å²) in [6.45, 7) is 1.76. The minimum Gasteiger partial charge on any atom is -0.387 e. The molecule has 1 amide bonds. The first-order chi connectivity index (χ1) is 14.8. The molecule has 164 valence electrons. The van der Waals surface area contributed by atoms with Gasteiger partial charge in [0.2, 0.25) is 5.91 Å². The summed E-state index contributed by atoms with van der Waals surface area (Å²) in [6.07, 6.45) is -3.79. The lowest BCUT2D eigenvalue weighted by Gasteiger charge is -2.21. The summed E-state index contributed by atoms with van der Waals surface area (Å²) in [7, 11) is 0. The number of carbonyl (C=O) groups is 1. The topological polar surface area (TPSA) is 155 Å². The lowest BCUT2D eigenvalue weighted by Crippen LogP contribution is -2.48. The van der Waals surface area contributed by atoms with Gasteiger partial charge in [0.25, 0.3) is 0 Å². The normalized spacial score (nSPS) is 24.3. The third-order valence-corrected chi connectivity index (χ3v) is 5.59. The number of halogens is 1. The Morgan fingerprint density at radius 2 is 2.10 bits per heavy atom. The van der Waals surface area contributed by atoms with Crippen LogP contribution < -0.4 is 10.6 Å². The Kier molecular flexibility index (Phi) is 6.34. The van der Waals surface area contributed by atoms with Crippen LogP contribution in [0.25, 0.3) is 11.2 Å². The van der Waals surface area contributed by atoms with Crippen LogP contribution in [-0.2, 0) is 16.1 Å². The SMILES string of the molecule is CC(=O)NC(O)[C@H]1O[C@@H](n2cnc3c(NCc4cccc(I)c4)ncnc32)[C@H](O)[C@@H]1O. The van der Waals surface area contributed by atoms with Crippen LogP contribution in [0.2, 0.25) is 0 Å². The molecule has 5 N–H and O–H groups in total. The molecular weight excluding hydrogens is 519 g/mol. The Hall–Kier alpha value is -2.39. The fourth-order valence-corrected chi connectivity index (χ4v) is 4.07. The predicted octanol–water partition coefficient (Wildman–Crippen LogP) is 0.117. The monoisotopic (exact) mass is 540 g/mol. The number of anilines is 1. The second-order valence-electron chi connectivity index (χ2n) is 7.15. The van der Waals surface area contributed by atoms with Crippen molar-refractivity contribution in [2.75, 3.05) is 5.32 Å². The van der Waals surface area contributed by atoms with Gasteiger partial charge in [0.15, 0.2) is 29.4 Å². The highest BCUT2D eigenvalue weighted by atomic mass is 127. The number of nitrogens with zero attached hydrogens (tertiary/aromatic N) is 4. The van der Waals surface area contributed by atoms with Crippen LogP contribution in [0.4, 0.5) is 5.82 Å². The second kappa shape index (κ2) is 9.00. The van der Waals surface area contributed by atoms with Gasteiger partial charge in [-0.3, -0.25) is 9.36 Å². The van der Waals surface area contributed by atoms with Crippen LogP contribution in [0.15, 0.2) is 36.9 Å². The van der Waals surface area contributed by atoms with Crippen molar-refractivity contribution in [3.8, 4) is 0 Å². The molecular formula is C19H21IN6O5. The highest BCUT2D eigenvalue weighted by molar-refractivity contribution is 14.1. The molecule has 12 heteroatoms. The van der Waals surface area contributed by atoms with E-state index in [0.717, 1.165) is 9.13 Å². The number of amides is 1. The van der Waals surface area contributed by atoms with Crippen molar-refractivity contribution in [3.63, 3.8) is 0 Å². The van der Waals surface area contributed by atoms with E-state index >= 15 is 0 Å². The van der Waals surface area contributed by atoms with Crippen molar-refractivity contribution in [1.29, 1.82) is 0 Å². The van der Waals surface area contributed by atoms with E-state index in [4.69, 9.17) is 4.74 Å². The van der Waals surface area contributed by atoms with Gasteiger partial charge < -0.3 is 30.7 Å². The lowest BCUT2D eigenvalue weighted by atomic mass is 10.1. The van der Waals surface area contributed by atoms with E-state index in [0.29, 0.717) is 23.5 Å². The van der Waals surface area contributed by atoms with Crippen LogP contribution in [0.3, 0.4) is 0 Å². The number of hydrogen-bond donors (Lipinski definition) is 5. The first kappa shape index (κ1) is 21.8. The Labute approximate surface area is 190 Å². The van der Waals surface area contributed by atoms with Crippen LogP contribution in [0.1, 0.15) is 18.7 Å². The van der Waals surface area contributed by atoms with Crippen molar-refractivity contribution < 1.29 is 24.9 Å². The van der Waals surface area contributed by atoms with Gasteiger partial charge in [-0.25, -0.2) is 15.0 Å². The summed E-state index contributed by atoms with van der Waals surface area (Å²) in [4.78, 5) is 24.0. The first-order valence-electron chi connectivity index (χ1n) is 9.48. The molecule has 0 bridgehead atoms. The lowest BCUT2D eigenvalue weighted by molar-refractivity contribution is -0.130. The number of aliphatic hydroxyl groups excluding tert-OH is 3. The number of rotatable bonds is 6. The number of hydrogen-bond acceptors (Lipinski definition) is 9. The molecule has 31 heavy (non-hydrogen) atoms. The number of ether oxygens (including phenoxy) is 1. The minimum atomic E-state index is -1.48. The van der Waals surface area contributed by atoms with E-state index in [2.05, 4.69) is 54.2 Å². The Bertz CT molecular complexity index is 1090. The average molecular weight is 540 g/mol. The van der Waals surface area contributed by atoms with E-state index in [1.807, 2.05) is 18.2 Å². The fraction of sp³-hybridized carbons (Fsp3) is 0.368. The molecule has 1 unspecified atom stereocenters. The molecule has 0 radical (unpaired) electrons. The van der Waals surface area contributed by atoms with Crippen LogP contribution in [0, 0.1) is 3.57 Å². The molecule has 1 aliphatic heterocycles. The van der Waals surface area contributed by atoms with Gasteiger partial charge in [-0.1, -0.05) is 12.1 Å². The maximum Gasteiger partial charge on any atom is 0.218 e. The van der Waals surface area contributed by atoms with Gasteiger partial charge in [-0.05, 0) is 40.3 Å². The standard InChI is InChI=1S/C19H21IN6O5/c1-9(27)25-18(30)15-13(28)14(29)19(31-15)26-8-24-12-16(22-7-23-17(12)26)21-6-10-3-2-4-11(20)5-10/h2-5,7-8,13-15,18-19,28-30H,6H2,1H3,(H,25,27)(H,21,22,23)/t13-,14+,15-,18?,19+/m0/s1. The molecule has 1 saturated heterocycles.